The van der Waals surface area contributed by atoms with Gasteiger partial charge in [-0.05, 0) is 55.9 Å². The molecule has 1 saturated heterocycles. The first-order chi connectivity index (χ1) is 9.33. The average Bonchev–Trinajstić information content (AvgIpc) is 2.75. The molecule has 0 saturated carbocycles. The zero-order valence-electron chi connectivity index (χ0n) is 10.9. The zero-order chi connectivity index (χ0) is 13.1. The van der Waals surface area contributed by atoms with Gasteiger partial charge < -0.3 is 15.6 Å². The Morgan fingerprint density at radius 2 is 2.16 bits per heavy atom. The summed E-state index contributed by atoms with van der Waals surface area (Å²) in [5.74, 6) is 0.0309. The van der Waals surface area contributed by atoms with Gasteiger partial charge in [-0.2, -0.15) is 0 Å². The van der Waals surface area contributed by atoms with E-state index in [0.29, 0.717) is 6.04 Å². The van der Waals surface area contributed by atoms with Gasteiger partial charge in [0.1, 0.15) is 0 Å². The minimum atomic E-state index is 0.0309. The van der Waals surface area contributed by atoms with Gasteiger partial charge in [-0.25, -0.2) is 0 Å². The third-order valence-electron chi connectivity index (χ3n) is 3.73. The monoisotopic (exact) mass is 257 g/mol. The predicted octanol–water partition coefficient (Wildman–Crippen LogP) is 2.04. The second-order valence-corrected chi connectivity index (χ2v) is 5.13. The normalized spacial score (nSPS) is 20.1. The summed E-state index contributed by atoms with van der Waals surface area (Å²) in [4.78, 5) is 15.4. The molecule has 3 rings (SSSR count). The number of aromatic amines is 1. The van der Waals surface area contributed by atoms with E-state index in [2.05, 4.69) is 15.6 Å². The average molecular weight is 257 g/mol. The third kappa shape index (κ3) is 2.79. The second kappa shape index (κ2) is 5.45. The van der Waals surface area contributed by atoms with E-state index in [0.717, 1.165) is 48.8 Å². The number of amides is 1. The minimum Gasteiger partial charge on any atom is -0.361 e. The van der Waals surface area contributed by atoms with Crippen LogP contribution in [0.1, 0.15) is 29.6 Å². The largest absolute Gasteiger partial charge is 0.361 e. The number of fused-ring (bicyclic) bond motifs is 1. The molecule has 1 unspecified atom stereocenters. The SMILES string of the molecule is O=C(NC1CCCNCC1)c1ccc2cc[nH]c2c1. The number of carbonyl (C=O) groups excluding carboxylic acids is 1. The minimum absolute atomic E-state index is 0.0309. The van der Waals surface area contributed by atoms with E-state index in [1.165, 1.54) is 0 Å². The summed E-state index contributed by atoms with van der Waals surface area (Å²) in [5.41, 5.74) is 1.74. The van der Waals surface area contributed by atoms with Crippen molar-refractivity contribution in [3.63, 3.8) is 0 Å². The smallest absolute Gasteiger partial charge is 0.251 e. The van der Waals surface area contributed by atoms with Crippen LogP contribution in [0.15, 0.2) is 30.5 Å². The van der Waals surface area contributed by atoms with Crippen molar-refractivity contribution in [2.24, 2.45) is 0 Å². The van der Waals surface area contributed by atoms with E-state index in [1.54, 1.807) is 0 Å². The topological polar surface area (TPSA) is 56.9 Å². The van der Waals surface area contributed by atoms with Crippen molar-refractivity contribution in [3.05, 3.63) is 36.0 Å². The van der Waals surface area contributed by atoms with Gasteiger partial charge in [0.15, 0.2) is 0 Å². The Labute approximate surface area is 112 Å². The number of nitrogens with one attached hydrogen (secondary N) is 3. The lowest BCUT2D eigenvalue weighted by molar-refractivity contribution is 0.0934. The molecule has 1 atom stereocenters. The van der Waals surface area contributed by atoms with E-state index in [-0.39, 0.29) is 5.91 Å². The van der Waals surface area contributed by atoms with Crippen LogP contribution in [0.25, 0.3) is 10.9 Å². The third-order valence-corrected chi connectivity index (χ3v) is 3.73. The second-order valence-electron chi connectivity index (χ2n) is 5.13. The Hall–Kier alpha value is -1.81. The lowest BCUT2D eigenvalue weighted by atomic mass is 10.1. The number of carbonyl (C=O) groups is 1. The molecule has 3 N–H and O–H groups in total. The van der Waals surface area contributed by atoms with Crippen molar-refractivity contribution >= 4 is 16.8 Å². The van der Waals surface area contributed by atoms with Crippen LogP contribution in [0.3, 0.4) is 0 Å². The van der Waals surface area contributed by atoms with E-state index in [1.807, 2.05) is 30.5 Å². The molecule has 0 bridgehead atoms. The number of aromatic nitrogens is 1. The molecule has 0 radical (unpaired) electrons. The molecule has 19 heavy (non-hydrogen) atoms. The molecular formula is C15H19N3O. The van der Waals surface area contributed by atoms with Gasteiger partial charge in [0.25, 0.3) is 5.91 Å². The molecule has 1 aliphatic rings. The molecule has 4 nitrogen and oxygen atoms in total. The van der Waals surface area contributed by atoms with Crippen LogP contribution in [0, 0.1) is 0 Å². The molecule has 2 aromatic rings. The Bertz CT molecular complexity index is 568. The molecule has 2 heterocycles. The zero-order valence-corrected chi connectivity index (χ0v) is 10.9. The highest BCUT2D eigenvalue weighted by Gasteiger charge is 2.15. The van der Waals surface area contributed by atoms with Gasteiger partial charge in [0.05, 0.1) is 0 Å². The lowest BCUT2D eigenvalue weighted by Gasteiger charge is -2.15. The summed E-state index contributed by atoms with van der Waals surface area (Å²) in [7, 11) is 0. The van der Waals surface area contributed by atoms with Crippen molar-refractivity contribution in [3.8, 4) is 0 Å². The summed E-state index contributed by atoms with van der Waals surface area (Å²) >= 11 is 0. The van der Waals surface area contributed by atoms with Crippen molar-refractivity contribution < 1.29 is 4.79 Å². The molecule has 100 valence electrons. The van der Waals surface area contributed by atoms with Gasteiger partial charge in [0.2, 0.25) is 0 Å². The standard InChI is InChI=1S/C15H19N3O/c19-15(18-13-2-1-7-16-8-6-13)12-4-3-11-5-9-17-14(11)10-12/h3-5,9-10,13,16-17H,1-2,6-8H2,(H,18,19). The molecule has 1 amide bonds. The van der Waals surface area contributed by atoms with Gasteiger partial charge in [-0.3, -0.25) is 4.79 Å². The highest BCUT2D eigenvalue weighted by Crippen LogP contribution is 2.15. The van der Waals surface area contributed by atoms with Gasteiger partial charge in [-0.1, -0.05) is 6.07 Å². The van der Waals surface area contributed by atoms with Crippen molar-refractivity contribution in [2.75, 3.05) is 13.1 Å². The molecule has 0 aliphatic carbocycles. The predicted molar refractivity (Wildman–Crippen MR) is 76.3 cm³/mol. The van der Waals surface area contributed by atoms with Crippen molar-refractivity contribution in [2.45, 2.75) is 25.3 Å². The molecule has 1 aromatic carbocycles. The van der Waals surface area contributed by atoms with Crippen molar-refractivity contribution in [1.29, 1.82) is 0 Å². The number of H-pyrrole nitrogens is 1. The van der Waals surface area contributed by atoms with E-state index < -0.39 is 0 Å². The van der Waals surface area contributed by atoms with Crippen LogP contribution in [-0.4, -0.2) is 30.0 Å². The first kappa shape index (κ1) is 12.2. The molecule has 1 aromatic heterocycles. The number of hydrogen-bond acceptors (Lipinski definition) is 2. The fraction of sp³-hybridized carbons (Fsp3) is 0.400. The highest BCUT2D eigenvalue weighted by molar-refractivity contribution is 5.98. The molecule has 4 heteroatoms. The number of hydrogen-bond donors (Lipinski definition) is 3. The Morgan fingerprint density at radius 1 is 1.21 bits per heavy atom. The highest BCUT2D eigenvalue weighted by atomic mass is 16.1. The molecule has 0 spiro atoms. The van der Waals surface area contributed by atoms with Crippen LogP contribution >= 0.6 is 0 Å². The van der Waals surface area contributed by atoms with Crippen LogP contribution in [0.4, 0.5) is 0 Å². The van der Waals surface area contributed by atoms with Crippen molar-refractivity contribution in [1.82, 2.24) is 15.6 Å². The first-order valence-electron chi connectivity index (χ1n) is 6.92. The maximum Gasteiger partial charge on any atom is 0.251 e. The summed E-state index contributed by atoms with van der Waals surface area (Å²) in [6.07, 6.45) is 5.09. The quantitative estimate of drug-likeness (QED) is 0.771. The fourth-order valence-corrected chi connectivity index (χ4v) is 2.62. The maximum absolute atomic E-state index is 12.2. The number of rotatable bonds is 2. The summed E-state index contributed by atoms with van der Waals surface area (Å²) < 4.78 is 0. The molecule has 1 aliphatic heterocycles. The molecule has 1 fully saturated rings. The van der Waals surface area contributed by atoms with Crippen LogP contribution in [0.5, 0.6) is 0 Å². The van der Waals surface area contributed by atoms with Crippen LogP contribution in [0.2, 0.25) is 0 Å². The Morgan fingerprint density at radius 3 is 3.11 bits per heavy atom. The van der Waals surface area contributed by atoms with E-state index in [9.17, 15) is 4.79 Å². The van der Waals surface area contributed by atoms with Crippen LogP contribution in [-0.2, 0) is 0 Å². The maximum atomic E-state index is 12.2. The summed E-state index contributed by atoms with van der Waals surface area (Å²) in [5, 5.41) is 7.63. The lowest BCUT2D eigenvalue weighted by Crippen LogP contribution is -2.35. The van der Waals surface area contributed by atoms with Gasteiger partial charge in [0, 0.05) is 23.3 Å². The van der Waals surface area contributed by atoms with Gasteiger partial charge >= 0.3 is 0 Å². The Balaban J connectivity index is 1.71. The fourth-order valence-electron chi connectivity index (χ4n) is 2.62. The first-order valence-corrected chi connectivity index (χ1v) is 6.92. The van der Waals surface area contributed by atoms with Gasteiger partial charge in [-0.15, -0.1) is 0 Å². The van der Waals surface area contributed by atoms with E-state index >= 15 is 0 Å². The summed E-state index contributed by atoms with van der Waals surface area (Å²) in [6.45, 7) is 2.04. The molecular weight excluding hydrogens is 238 g/mol. The summed E-state index contributed by atoms with van der Waals surface area (Å²) in [6, 6.07) is 8.09. The Kier molecular flexibility index (Phi) is 3.51. The van der Waals surface area contributed by atoms with Crippen LogP contribution < -0.4 is 10.6 Å². The number of benzene rings is 1. The van der Waals surface area contributed by atoms with E-state index in [4.69, 9.17) is 0 Å².